The van der Waals surface area contributed by atoms with Gasteiger partial charge in [-0.3, -0.25) is 4.79 Å². The standard InChI is InChI=1S/C18H22N2O3.ClH/c21-18(20-9-12-7-19-8-13(12)10-20)15-6-14(15)11-1-2-16-17(5-11)23-4-3-22-16;/h1-2,5,12-15,19H,3-4,6-10H2;1H/t12-,13+,14?,15?;. The zero-order chi connectivity index (χ0) is 15.4. The van der Waals surface area contributed by atoms with Gasteiger partial charge in [0.25, 0.3) is 0 Å². The van der Waals surface area contributed by atoms with Crippen molar-refractivity contribution < 1.29 is 14.3 Å². The van der Waals surface area contributed by atoms with E-state index in [0.717, 1.165) is 44.1 Å². The first-order valence-electron chi connectivity index (χ1n) is 8.68. The zero-order valence-corrected chi connectivity index (χ0v) is 14.4. The average molecular weight is 351 g/mol. The molecule has 2 saturated heterocycles. The Morgan fingerprint density at radius 1 is 1.08 bits per heavy atom. The van der Waals surface area contributed by atoms with Gasteiger partial charge in [0.05, 0.1) is 0 Å². The molecular formula is C18H23ClN2O3. The minimum absolute atomic E-state index is 0. The van der Waals surface area contributed by atoms with Crippen molar-refractivity contribution in [1.29, 1.82) is 0 Å². The predicted molar refractivity (Wildman–Crippen MR) is 92.0 cm³/mol. The summed E-state index contributed by atoms with van der Waals surface area (Å²) in [6, 6.07) is 6.14. The van der Waals surface area contributed by atoms with E-state index in [4.69, 9.17) is 9.47 Å². The Kier molecular flexibility index (Phi) is 4.09. The highest BCUT2D eigenvalue weighted by Crippen LogP contribution is 2.50. The molecule has 0 spiro atoms. The fourth-order valence-corrected chi connectivity index (χ4v) is 4.40. The lowest BCUT2D eigenvalue weighted by molar-refractivity contribution is -0.131. The fourth-order valence-electron chi connectivity index (χ4n) is 4.40. The predicted octanol–water partition coefficient (Wildman–Crippen LogP) is 1.66. The van der Waals surface area contributed by atoms with Gasteiger partial charge >= 0.3 is 0 Å². The summed E-state index contributed by atoms with van der Waals surface area (Å²) in [5, 5.41) is 3.43. The number of ether oxygens (including phenoxy) is 2. The molecular weight excluding hydrogens is 328 g/mol. The highest BCUT2D eigenvalue weighted by Gasteiger charge is 2.48. The monoisotopic (exact) mass is 350 g/mol. The number of nitrogens with zero attached hydrogens (tertiary/aromatic N) is 1. The number of fused-ring (bicyclic) bond motifs is 2. The van der Waals surface area contributed by atoms with E-state index >= 15 is 0 Å². The van der Waals surface area contributed by atoms with Crippen LogP contribution in [-0.4, -0.2) is 50.2 Å². The number of hydrogen-bond donors (Lipinski definition) is 1. The Morgan fingerprint density at radius 2 is 1.79 bits per heavy atom. The van der Waals surface area contributed by atoms with Gasteiger partial charge in [-0.05, 0) is 41.9 Å². The first-order valence-corrected chi connectivity index (χ1v) is 8.68. The molecule has 6 heteroatoms. The van der Waals surface area contributed by atoms with Gasteiger partial charge in [0.2, 0.25) is 5.91 Å². The van der Waals surface area contributed by atoms with Crippen LogP contribution < -0.4 is 14.8 Å². The molecule has 1 aromatic carbocycles. The second-order valence-electron chi connectivity index (χ2n) is 7.27. The van der Waals surface area contributed by atoms with Gasteiger partial charge in [-0.25, -0.2) is 0 Å². The number of carbonyl (C=O) groups excluding carboxylic acids is 1. The minimum atomic E-state index is 0. The molecule has 0 aromatic heterocycles. The topological polar surface area (TPSA) is 50.8 Å². The van der Waals surface area contributed by atoms with Gasteiger partial charge < -0.3 is 19.7 Å². The summed E-state index contributed by atoms with van der Waals surface area (Å²) in [7, 11) is 0. The lowest BCUT2D eigenvalue weighted by Crippen LogP contribution is -2.33. The van der Waals surface area contributed by atoms with E-state index in [0.29, 0.717) is 36.9 Å². The SMILES string of the molecule is Cl.O=C(C1CC1c1ccc2c(c1)OCCO2)N1C[C@H]2CNC[C@H]2C1. The number of halogens is 1. The van der Waals surface area contributed by atoms with Crippen LogP contribution in [0, 0.1) is 17.8 Å². The van der Waals surface area contributed by atoms with Crippen molar-refractivity contribution in [2.45, 2.75) is 12.3 Å². The Morgan fingerprint density at radius 3 is 2.54 bits per heavy atom. The van der Waals surface area contributed by atoms with Crippen LogP contribution in [0.3, 0.4) is 0 Å². The molecule has 1 saturated carbocycles. The van der Waals surface area contributed by atoms with Crippen molar-refractivity contribution in [3.8, 4) is 11.5 Å². The van der Waals surface area contributed by atoms with E-state index in [1.807, 2.05) is 6.07 Å². The molecule has 1 aromatic rings. The van der Waals surface area contributed by atoms with Crippen LogP contribution in [-0.2, 0) is 4.79 Å². The van der Waals surface area contributed by atoms with Gasteiger partial charge in [0.1, 0.15) is 13.2 Å². The molecule has 24 heavy (non-hydrogen) atoms. The Balaban J connectivity index is 0.00000146. The maximum atomic E-state index is 12.8. The van der Waals surface area contributed by atoms with E-state index in [-0.39, 0.29) is 18.3 Å². The molecule has 3 heterocycles. The summed E-state index contributed by atoms with van der Waals surface area (Å²) in [5.74, 6) is 3.88. The fraction of sp³-hybridized carbons (Fsp3) is 0.611. The summed E-state index contributed by atoms with van der Waals surface area (Å²) in [4.78, 5) is 14.9. The lowest BCUT2D eigenvalue weighted by atomic mass is 10.0. The summed E-state index contributed by atoms with van der Waals surface area (Å²) < 4.78 is 11.2. The highest BCUT2D eigenvalue weighted by atomic mass is 35.5. The van der Waals surface area contributed by atoms with Crippen molar-refractivity contribution in [3.05, 3.63) is 23.8 Å². The van der Waals surface area contributed by atoms with Gasteiger partial charge in [-0.15, -0.1) is 12.4 Å². The number of amides is 1. The molecule has 5 nitrogen and oxygen atoms in total. The smallest absolute Gasteiger partial charge is 0.226 e. The number of hydrogen-bond acceptors (Lipinski definition) is 4. The van der Waals surface area contributed by atoms with Crippen LogP contribution in [0.4, 0.5) is 0 Å². The third-order valence-electron chi connectivity index (χ3n) is 5.80. The zero-order valence-electron chi connectivity index (χ0n) is 13.6. The molecule has 130 valence electrons. The second-order valence-corrected chi connectivity index (χ2v) is 7.27. The summed E-state index contributed by atoms with van der Waals surface area (Å²) >= 11 is 0. The van der Waals surface area contributed by atoms with Crippen LogP contribution >= 0.6 is 12.4 Å². The maximum Gasteiger partial charge on any atom is 0.226 e. The van der Waals surface area contributed by atoms with Gasteiger partial charge in [0, 0.05) is 32.1 Å². The van der Waals surface area contributed by atoms with Crippen molar-refractivity contribution in [2.24, 2.45) is 17.8 Å². The molecule has 1 aliphatic carbocycles. The molecule has 4 atom stereocenters. The van der Waals surface area contributed by atoms with Crippen molar-refractivity contribution >= 4 is 18.3 Å². The summed E-state index contributed by atoms with van der Waals surface area (Å²) in [6.45, 7) is 5.26. The number of rotatable bonds is 2. The van der Waals surface area contributed by atoms with Crippen LogP contribution in [0.15, 0.2) is 18.2 Å². The van der Waals surface area contributed by atoms with Crippen LogP contribution in [0.5, 0.6) is 11.5 Å². The number of nitrogens with one attached hydrogen (secondary N) is 1. The van der Waals surface area contributed by atoms with Crippen molar-refractivity contribution in [1.82, 2.24) is 10.2 Å². The first kappa shape index (κ1) is 16.0. The van der Waals surface area contributed by atoms with E-state index in [2.05, 4.69) is 22.3 Å². The quantitative estimate of drug-likeness (QED) is 0.881. The van der Waals surface area contributed by atoms with Crippen LogP contribution in [0.1, 0.15) is 17.9 Å². The van der Waals surface area contributed by atoms with Crippen molar-refractivity contribution in [3.63, 3.8) is 0 Å². The summed E-state index contributed by atoms with van der Waals surface area (Å²) in [6.07, 6.45) is 0.975. The molecule has 1 amide bonds. The second kappa shape index (κ2) is 6.12. The highest BCUT2D eigenvalue weighted by molar-refractivity contribution is 5.85. The Labute approximate surface area is 148 Å². The van der Waals surface area contributed by atoms with Crippen LogP contribution in [0.25, 0.3) is 0 Å². The number of carbonyl (C=O) groups is 1. The molecule has 5 rings (SSSR count). The number of likely N-dealkylation sites (tertiary alicyclic amines) is 1. The largest absolute Gasteiger partial charge is 0.486 e. The molecule has 1 N–H and O–H groups in total. The third kappa shape index (κ3) is 2.64. The first-order chi connectivity index (χ1) is 11.3. The van der Waals surface area contributed by atoms with Crippen LogP contribution in [0.2, 0.25) is 0 Å². The Bertz CT molecular complexity index is 641. The lowest BCUT2D eigenvalue weighted by Gasteiger charge is -2.19. The van der Waals surface area contributed by atoms with E-state index in [1.54, 1.807) is 0 Å². The normalized spacial score (nSPS) is 32.9. The average Bonchev–Trinajstić information content (AvgIpc) is 3.09. The van der Waals surface area contributed by atoms with Crippen molar-refractivity contribution in [2.75, 3.05) is 39.4 Å². The molecule has 3 fully saturated rings. The molecule has 0 bridgehead atoms. The van der Waals surface area contributed by atoms with E-state index in [9.17, 15) is 4.79 Å². The van der Waals surface area contributed by atoms with Gasteiger partial charge in [-0.2, -0.15) is 0 Å². The maximum absolute atomic E-state index is 12.8. The minimum Gasteiger partial charge on any atom is -0.486 e. The molecule has 2 unspecified atom stereocenters. The van der Waals surface area contributed by atoms with E-state index < -0.39 is 0 Å². The summed E-state index contributed by atoms with van der Waals surface area (Å²) in [5.41, 5.74) is 1.22. The van der Waals surface area contributed by atoms with E-state index in [1.165, 1.54) is 5.56 Å². The number of benzene rings is 1. The third-order valence-corrected chi connectivity index (χ3v) is 5.80. The van der Waals surface area contributed by atoms with Gasteiger partial charge in [-0.1, -0.05) is 6.07 Å². The molecule has 0 radical (unpaired) electrons. The Hall–Kier alpha value is -1.46. The molecule has 4 aliphatic rings. The van der Waals surface area contributed by atoms with Gasteiger partial charge in [0.15, 0.2) is 11.5 Å². The molecule has 3 aliphatic heterocycles.